The summed E-state index contributed by atoms with van der Waals surface area (Å²) in [4.78, 5) is 22.0. The van der Waals surface area contributed by atoms with Gasteiger partial charge in [-0.15, -0.1) is 10.2 Å². The lowest BCUT2D eigenvalue weighted by Crippen LogP contribution is -2.39. The molecule has 234 valence electrons. The number of aromatic nitrogens is 3. The van der Waals surface area contributed by atoms with E-state index in [1.54, 1.807) is 11.3 Å². The summed E-state index contributed by atoms with van der Waals surface area (Å²) in [6, 6.07) is 19.7. The Bertz CT molecular complexity index is 1620. The molecule has 0 bridgehead atoms. The number of carbonyl (C=O) groups excluding carboxylic acids is 1. The first-order chi connectivity index (χ1) is 22.0. The SMILES string of the molecule is CC(C)c1nnc(-c2ccc(Oc3cc(-c4cc(C5CCN(C6CCCC6)CC5)ccn4)ccc3CN3CCCC3=O)cc2)s1. The standard InChI is InChI=1S/C37H43N5O2S/c1-25(2)36-39-40-37(45-36)27-11-13-32(14-12-27)44-34-23-29(9-10-30(34)24-42-19-5-8-35(42)43)33-22-28(15-18-38-33)26-16-20-41(21-17-26)31-6-3-4-7-31/h9-15,18,22-23,25-26,31H,3-8,16-17,19-21,24H2,1-2H3. The second-order valence-electron chi connectivity index (χ2n) is 13.2. The van der Waals surface area contributed by atoms with Crippen molar-refractivity contribution in [2.24, 2.45) is 0 Å². The van der Waals surface area contributed by atoms with Gasteiger partial charge in [0.1, 0.15) is 21.5 Å². The number of benzene rings is 2. The van der Waals surface area contributed by atoms with E-state index < -0.39 is 0 Å². The fourth-order valence-corrected chi connectivity index (χ4v) is 7.97. The first-order valence-electron chi connectivity index (χ1n) is 16.7. The zero-order valence-electron chi connectivity index (χ0n) is 26.5. The molecular formula is C37H43N5O2S. The van der Waals surface area contributed by atoms with E-state index in [4.69, 9.17) is 9.72 Å². The lowest BCUT2D eigenvalue weighted by Gasteiger charge is -2.36. The summed E-state index contributed by atoms with van der Waals surface area (Å²) in [5, 5.41) is 10.7. The molecule has 3 fully saturated rings. The Balaban J connectivity index is 1.12. The van der Waals surface area contributed by atoms with Crippen LogP contribution in [0.5, 0.6) is 11.5 Å². The first kappa shape index (κ1) is 30.1. The molecule has 0 radical (unpaired) electrons. The quantitative estimate of drug-likeness (QED) is 0.187. The van der Waals surface area contributed by atoms with Crippen molar-refractivity contribution in [2.75, 3.05) is 19.6 Å². The van der Waals surface area contributed by atoms with E-state index in [9.17, 15) is 4.79 Å². The number of carbonyl (C=O) groups is 1. The molecule has 4 aromatic rings. The van der Waals surface area contributed by atoms with Crippen LogP contribution < -0.4 is 4.74 Å². The normalized spacial score (nSPS) is 18.4. The molecule has 2 aliphatic heterocycles. The van der Waals surface area contributed by atoms with Crippen molar-refractivity contribution >= 4 is 17.2 Å². The molecule has 4 heterocycles. The van der Waals surface area contributed by atoms with Crippen LogP contribution in [0, 0.1) is 0 Å². The number of rotatable bonds is 9. The molecule has 1 saturated carbocycles. The monoisotopic (exact) mass is 621 g/mol. The van der Waals surface area contributed by atoms with E-state index >= 15 is 0 Å². The number of amides is 1. The Hall–Kier alpha value is -3.62. The zero-order valence-corrected chi connectivity index (χ0v) is 27.3. The van der Waals surface area contributed by atoms with E-state index in [0.29, 0.717) is 24.8 Å². The van der Waals surface area contributed by atoms with E-state index in [2.05, 4.69) is 59.3 Å². The number of hydrogen-bond acceptors (Lipinski definition) is 7. The average molecular weight is 622 g/mol. The molecule has 2 aromatic heterocycles. The van der Waals surface area contributed by atoms with E-state index in [1.165, 1.54) is 57.2 Å². The molecule has 2 aromatic carbocycles. The Labute approximate surface area is 270 Å². The summed E-state index contributed by atoms with van der Waals surface area (Å²) in [5.41, 5.74) is 5.40. The van der Waals surface area contributed by atoms with Gasteiger partial charge in [0.05, 0.1) is 5.69 Å². The Morgan fingerprint density at radius 3 is 2.38 bits per heavy atom. The summed E-state index contributed by atoms with van der Waals surface area (Å²) in [6.45, 7) is 8.00. The fraction of sp³-hybridized carbons (Fsp3) is 0.459. The van der Waals surface area contributed by atoms with Gasteiger partial charge in [-0.1, -0.05) is 50.2 Å². The predicted molar refractivity (Wildman–Crippen MR) is 180 cm³/mol. The van der Waals surface area contributed by atoms with Crippen molar-refractivity contribution in [3.63, 3.8) is 0 Å². The van der Waals surface area contributed by atoms with Crippen molar-refractivity contribution in [3.8, 4) is 33.3 Å². The first-order valence-corrected chi connectivity index (χ1v) is 17.5. The molecule has 1 aliphatic carbocycles. The van der Waals surface area contributed by atoms with Gasteiger partial charge in [0.15, 0.2) is 0 Å². The summed E-state index contributed by atoms with van der Waals surface area (Å²) in [5.74, 6) is 2.64. The highest BCUT2D eigenvalue weighted by atomic mass is 32.1. The van der Waals surface area contributed by atoms with Crippen molar-refractivity contribution in [1.82, 2.24) is 25.0 Å². The molecule has 0 spiro atoms. The van der Waals surface area contributed by atoms with Crippen LogP contribution in [-0.2, 0) is 11.3 Å². The molecule has 0 unspecified atom stereocenters. The molecule has 2 saturated heterocycles. The third-order valence-corrected chi connectivity index (χ3v) is 11.1. The van der Waals surface area contributed by atoms with Crippen LogP contribution in [-0.4, -0.2) is 56.6 Å². The van der Waals surface area contributed by atoms with Gasteiger partial charge in [0.2, 0.25) is 5.91 Å². The number of hydrogen-bond donors (Lipinski definition) is 0. The molecule has 45 heavy (non-hydrogen) atoms. The van der Waals surface area contributed by atoms with Crippen molar-refractivity contribution in [2.45, 2.75) is 89.6 Å². The van der Waals surface area contributed by atoms with E-state index in [0.717, 1.165) is 62.9 Å². The molecule has 0 atom stereocenters. The van der Waals surface area contributed by atoms with Crippen LogP contribution in [0.25, 0.3) is 21.8 Å². The van der Waals surface area contributed by atoms with E-state index in [-0.39, 0.29) is 5.91 Å². The minimum Gasteiger partial charge on any atom is -0.457 e. The Morgan fingerprint density at radius 2 is 1.67 bits per heavy atom. The smallest absolute Gasteiger partial charge is 0.222 e. The minimum atomic E-state index is 0.209. The molecule has 7 nitrogen and oxygen atoms in total. The van der Waals surface area contributed by atoms with Gasteiger partial charge in [-0.3, -0.25) is 9.78 Å². The third-order valence-electron chi connectivity index (χ3n) is 9.79. The topological polar surface area (TPSA) is 71.5 Å². The van der Waals surface area contributed by atoms with Crippen molar-refractivity contribution in [3.05, 3.63) is 76.9 Å². The summed E-state index contributed by atoms with van der Waals surface area (Å²) in [6.07, 6.45) is 11.5. The highest BCUT2D eigenvalue weighted by Crippen LogP contribution is 2.36. The number of piperidine rings is 1. The molecule has 1 amide bonds. The third kappa shape index (κ3) is 6.82. The maximum absolute atomic E-state index is 12.5. The second-order valence-corrected chi connectivity index (χ2v) is 14.2. The molecular weight excluding hydrogens is 579 g/mol. The predicted octanol–water partition coefficient (Wildman–Crippen LogP) is 8.43. The van der Waals surface area contributed by atoms with Crippen LogP contribution in [0.15, 0.2) is 60.8 Å². The van der Waals surface area contributed by atoms with Gasteiger partial charge in [-0.05, 0) is 99.1 Å². The molecule has 8 heteroatoms. The average Bonchev–Trinajstić information content (AvgIpc) is 3.86. The van der Waals surface area contributed by atoms with Crippen molar-refractivity contribution in [1.29, 1.82) is 0 Å². The summed E-state index contributed by atoms with van der Waals surface area (Å²) >= 11 is 1.63. The van der Waals surface area contributed by atoms with Crippen LogP contribution in [0.2, 0.25) is 0 Å². The van der Waals surface area contributed by atoms with Crippen LogP contribution in [0.1, 0.15) is 93.2 Å². The van der Waals surface area contributed by atoms with Crippen molar-refractivity contribution < 1.29 is 9.53 Å². The number of pyridine rings is 1. The van der Waals surface area contributed by atoms with Gasteiger partial charge in [-0.25, -0.2) is 0 Å². The van der Waals surface area contributed by atoms with Crippen LogP contribution in [0.3, 0.4) is 0 Å². The zero-order chi connectivity index (χ0) is 30.8. The fourth-order valence-electron chi connectivity index (χ4n) is 7.12. The van der Waals surface area contributed by atoms with Gasteiger partial charge >= 0.3 is 0 Å². The minimum absolute atomic E-state index is 0.209. The second kappa shape index (κ2) is 13.4. The maximum Gasteiger partial charge on any atom is 0.222 e. The van der Waals surface area contributed by atoms with Crippen LogP contribution in [0.4, 0.5) is 0 Å². The Kier molecular flexibility index (Phi) is 8.94. The number of ether oxygens (including phenoxy) is 1. The highest BCUT2D eigenvalue weighted by Gasteiger charge is 2.28. The lowest BCUT2D eigenvalue weighted by atomic mass is 9.88. The summed E-state index contributed by atoms with van der Waals surface area (Å²) < 4.78 is 6.55. The van der Waals surface area contributed by atoms with E-state index in [1.807, 2.05) is 35.4 Å². The lowest BCUT2D eigenvalue weighted by molar-refractivity contribution is -0.128. The maximum atomic E-state index is 12.5. The molecule has 7 rings (SSSR count). The summed E-state index contributed by atoms with van der Waals surface area (Å²) in [7, 11) is 0. The number of likely N-dealkylation sites (tertiary alicyclic amines) is 2. The van der Waals surface area contributed by atoms with Gasteiger partial charge in [0.25, 0.3) is 0 Å². The number of nitrogens with zero attached hydrogens (tertiary/aromatic N) is 5. The van der Waals surface area contributed by atoms with Gasteiger partial charge in [0, 0.05) is 54.4 Å². The van der Waals surface area contributed by atoms with Gasteiger partial charge < -0.3 is 14.5 Å². The largest absolute Gasteiger partial charge is 0.457 e. The Morgan fingerprint density at radius 1 is 0.889 bits per heavy atom. The highest BCUT2D eigenvalue weighted by molar-refractivity contribution is 7.14. The van der Waals surface area contributed by atoms with Gasteiger partial charge in [-0.2, -0.15) is 0 Å². The molecule has 0 N–H and O–H groups in total. The molecule has 3 aliphatic rings. The van der Waals surface area contributed by atoms with Crippen LogP contribution >= 0.6 is 11.3 Å².